The van der Waals surface area contributed by atoms with Gasteiger partial charge in [-0.2, -0.15) is 26.3 Å². The van der Waals surface area contributed by atoms with E-state index >= 15 is 0 Å². The zero-order valence-corrected chi connectivity index (χ0v) is 14.3. The first-order valence-corrected chi connectivity index (χ1v) is 10.6. The van der Waals surface area contributed by atoms with Crippen LogP contribution in [-0.2, 0) is 11.0 Å². The molecule has 0 saturated carbocycles. The van der Waals surface area contributed by atoms with Crippen molar-refractivity contribution in [2.45, 2.75) is 38.1 Å². The highest BCUT2D eigenvalue weighted by atomic mass is 28.3. The Kier molecular flexibility index (Phi) is 4.48. The molecule has 138 valence electrons. The van der Waals surface area contributed by atoms with E-state index in [0.29, 0.717) is 11.3 Å². The fraction of sp³-hybridized carbons (Fsp3) is 0.400. The van der Waals surface area contributed by atoms with E-state index in [-0.39, 0.29) is 5.56 Å². The minimum atomic E-state index is -5.16. The fourth-order valence-electron chi connectivity index (χ4n) is 2.38. The molecular weight excluding hydrogens is 370 g/mol. The van der Waals surface area contributed by atoms with Gasteiger partial charge in [0.2, 0.25) is 6.10 Å². The number of rotatable bonds is 2. The zero-order valence-electron chi connectivity index (χ0n) is 13.3. The van der Waals surface area contributed by atoms with Crippen LogP contribution in [0.4, 0.5) is 26.3 Å². The van der Waals surface area contributed by atoms with Crippen LogP contribution < -0.4 is 9.92 Å². The normalized spacial score (nSPS) is 18.3. The van der Waals surface area contributed by atoms with E-state index < -0.39 is 49.4 Å². The minimum Gasteiger partial charge on any atom is -0.478 e. The van der Waals surface area contributed by atoms with E-state index in [2.05, 4.69) is 4.74 Å². The first-order valence-electron chi connectivity index (χ1n) is 7.06. The van der Waals surface area contributed by atoms with Crippen LogP contribution in [0.5, 0.6) is 5.75 Å². The van der Waals surface area contributed by atoms with Gasteiger partial charge < -0.3 is 9.84 Å². The van der Waals surface area contributed by atoms with E-state index in [4.69, 9.17) is 5.11 Å². The van der Waals surface area contributed by atoms with Crippen LogP contribution in [0.25, 0.3) is 6.08 Å². The Hall–Kier alpha value is -1.97. The molecule has 1 aliphatic rings. The summed E-state index contributed by atoms with van der Waals surface area (Å²) in [5.74, 6) is -2.90. The molecule has 1 aromatic carbocycles. The van der Waals surface area contributed by atoms with Crippen molar-refractivity contribution in [1.82, 2.24) is 0 Å². The molecule has 0 spiro atoms. The van der Waals surface area contributed by atoms with E-state index in [0.717, 1.165) is 6.07 Å². The smallest absolute Gasteiger partial charge is 0.430 e. The van der Waals surface area contributed by atoms with Gasteiger partial charge in [-0.25, -0.2) is 4.79 Å². The SMILES string of the molecule is C[Si](C)(C)c1cc2c(c(C(F)(F)F)c1)OC(C(F)(F)F)C(C(=O)O)=C2. The van der Waals surface area contributed by atoms with Crippen LogP contribution in [0.2, 0.25) is 19.6 Å². The average molecular weight is 384 g/mol. The number of carboxylic acids is 1. The number of hydrogen-bond acceptors (Lipinski definition) is 2. The maximum absolute atomic E-state index is 13.3. The van der Waals surface area contributed by atoms with Gasteiger partial charge >= 0.3 is 18.3 Å². The van der Waals surface area contributed by atoms with Gasteiger partial charge in [-0.1, -0.05) is 30.9 Å². The summed E-state index contributed by atoms with van der Waals surface area (Å²) < 4.78 is 83.7. The number of fused-ring (bicyclic) bond motifs is 1. The van der Waals surface area contributed by atoms with Crippen LogP contribution in [0.1, 0.15) is 11.1 Å². The second-order valence-electron chi connectivity index (χ2n) is 6.63. The van der Waals surface area contributed by atoms with Crippen LogP contribution in [0.15, 0.2) is 17.7 Å². The van der Waals surface area contributed by atoms with Gasteiger partial charge in [0.05, 0.1) is 19.2 Å². The van der Waals surface area contributed by atoms with Gasteiger partial charge in [-0.3, -0.25) is 0 Å². The Bertz CT molecular complexity index is 743. The summed E-state index contributed by atoms with van der Waals surface area (Å²) in [6.45, 7) is 5.29. The van der Waals surface area contributed by atoms with Crippen molar-refractivity contribution < 1.29 is 41.0 Å². The number of halogens is 6. The third-order valence-corrected chi connectivity index (χ3v) is 5.68. The maximum Gasteiger partial charge on any atom is 0.430 e. The molecule has 1 aromatic rings. The Morgan fingerprint density at radius 3 is 2.08 bits per heavy atom. The van der Waals surface area contributed by atoms with Gasteiger partial charge in [-0.05, 0) is 12.1 Å². The largest absolute Gasteiger partial charge is 0.478 e. The van der Waals surface area contributed by atoms with Crippen LogP contribution in [0.3, 0.4) is 0 Å². The molecule has 1 unspecified atom stereocenters. The Morgan fingerprint density at radius 2 is 1.68 bits per heavy atom. The van der Waals surface area contributed by atoms with Crippen LogP contribution in [-0.4, -0.2) is 31.4 Å². The Morgan fingerprint density at radius 1 is 1.12 bits per heavy atom. The summed E-state index contributed by atoms with van der Waals surface area (Å²) in [6, 6.07) is 2.06. The summed E-state index contributed by atoms with van der Waals surface area (Å²) >= 11 is 0. The molecule has 25 heavy (non-hydrogen) atoms. The number of ether oxygens (including phenoxy) is 1. The minimum absolute atomic E-state index is 0.315. The lowest BCUT2D eigenvalue weighted by atomic mass is 9.98. The van der Waals surface area contributed by atoms with Crippen molar-refractivity contribution >= 4 is 25.3 Å². The predicted molar refractivity (Wildman–Crippen MR) is 80.5 cm³/mol. The van der Waals surface area contributed by atoms with Crippen molar-refractivity contribution in [3.05, 3.63) is 28.8 Å². The van der Waals surface area contributed by atoms with Gasteiger partial charge in [-0.15, -0.1) is 0 Å². The summed E-state index contributed by atoms with van der Waals surface area (Å²) in [4.78, 5) is 11.1. The predicted octanol–water partition coefficient (Wildman–Crippen LogP) is 4.04. The van der Waals surface area contributed by atoms with Crippen molar-refractivity contribution in [2.75, 3.05) is 0 Å². The maximum atomic E-state index is 13.3. The van der Waals surface area contributed by atoms with Crippen molar-refractivity contribution in [3.63, 3.8) is 0 Å². The Labute approximate surface area is 139 Å². The fourth-order valence-corrected chi connectivity index (χ4v) is 3.54. The topological polar surface area (TPSA) is 46.5 Å². The summed E-state index contributed by atoms with van der Waals surface area (Å²) in [6.07, 6.45) is -12.5. The van der Waals surface area contributed by atoms with Crippen molar-refractivity contribution in [2.24, 2.45) is 0 Å². The first kappa shape index (κ1) is 19.4. The standard InChI is InChI=1S/C15H14F6O3Si/c1-25(2,3)8-4-7-5-9(13(22)23)12(15(19,20)21)24-11(7)10(6-8)14(16,17)18/h4-6,12H,1-3H3,(H,22,23). The highest BCUT2D eigenvalue weighted by molar-refractivity contribution is 6.88. The molecule has 1 N–H and O–H groups in total. The number of benzene rings is 1. The lowest BCUT2D eigenvalue weighted by Crippen LogP contribution is -2.42. The number of carbonyl (C=O) groups is 1. The van der Waals surface area contributed by atoms with E-state index in [9.17, 15) is 31.1 Å². The zero-order chi connectivity index (χ0) is 19.4. The molecule has 0 fully saturated rings. The third-order valence-electron chi connectivity index (χ3n) is 3.66. The molecule has 0 aliphatic carbocycles. The molecular formula is C15H14F6O3Si. The molecule has 0 bridgehead atoms. The second kappa shape index (κ2) is 5.79. The average Bonchev–Trinajstić information content (AvgIpc) is 2.41. The van der Waals surface area contributed by atoms with Crippen molar-refractivity contribution in [3.8, 4) is 5.75 Å². The molecule has 0 saturated heterocycles. The Balaban J connectivity index is 2.79. The second-order valence-corrected chi connectivity index (χ2v) is 11.7. The summed E-state index contributed by atoms with van der Waals surface area (Å²) in [7, 11) is -2.26. The summed E-state index contributed by atoms with van der Waals surface area (Å²) in [5.41, 5.74) is -2.80. The molecule has 10 heteroatoms. The third kappa shape index (κ3) is 3.83. The number of carboxylic acid groups (broad SMARTS) is 1. The van der Waals surface area contributed by atoms with Gasteiger partial charge in [0.1, 0.15) is 5.75 Å². The first-order chi connectivity index (χ1) is 11.1. The quantitative estimate of drug-likeness (QED) is 0.618. The van der Waals surface area contributed by atoms with Crippen molar-refractivity contribution in [1.29, 1.82) is 0 Å². The number of aliphatic carboxylic acids is 1. The molecule has 0 amide bonds. The molecule has 2 rings (SSSR count). The monoisotopic (exact) mass is 384 g/mol. The van der Waals surface area contributed by atoms with E-state index in [1.165, 1.54) is 6.07 Å². The molecule has 1 heterocycles. The summed E-state index contributed by atoms with van der Waals surface area (Å²) in [5, 5.41) is 9.32. The van der Waals surface area contributed by atoms with Crippen LogP contribution >= 0.6 is 0 Å². The highest BCUT2D eigenvalue weighted by Gasteiger charge is 2.50. The highest BCUT2D eigenvalue weighted by Crippen LogP contribution is 2.44. The molecule has 3 nitrogen and oxygen atoms in total. The molecule has 0 radical (unpaired) electrons. The molecule has 1 atom stereocenters. The van der Waals surface area contributed by atoms with Gasteiger partial charge in [0.25, 0.3) is 0 Å². The molecule has 1 aliphatic heterocycles. The lowest BCUT2D eigenvalue weighted by Gasteiger charge is -2.30. The number of alkyl halides is 6. The van der Waals surface area contributed by atoms with E-state index in [1.54, 1.807) is 19.6 Å². The van der Waals surface area contributed by atoms with E-state index in [1.807, 2.05) is 0 Å². The van der Waals surface area contributed by atoms with Gasteiger partial charge in [0, 0.05) is 5.56 Å². The van der Waals surface area contributed by atoms with Gasteiger partial charge in [0.15, 0.2) is 0 Å². The number of hydrogen-bond donors (Lipinski definition) is 1. The van der Waals surface area contributed by atoms with Crippen LogP contribution in [0, 0.1) is 0 Å². The molecule has 0 aromatic heterocycles. The lowest BCUT2D eigenvalue weighted by molar-refractivity contribution is -0.189.